The van der Waals surface area contributed by atoms with Crippen molar-refractivity contribution >= 4 is 28.3 Å². The summed E-state index contributed by atoms with van der Waals surface area (Å²) in [5.41, 5.74) is 0.542. The van der Waals surface area contributed by atoms with Crippen LogP contribution in [-0.2, 0) is 0 Å². The topological polar surface area (TPSA) is 82.1 Å². The molecule has 0 spiro atoms. The van der Waals surface area contributed by atoms with Gasteiger partial charge in [-0.15, -0.1) is 0 Å². The standard InChI is InChI=1S/C8H4IN3O3/c9-8-10-7(15-11-8)5-2-1-3-6(4-5)12(13)14/h1-4H. The van der Waals surface area contributed by atoms with Gasteiger partial charge in [0, 0.05) is 40.3 Å². The zero-order chi connectivity index (χ0) is 10.8. The summed E-state index contributed by atoms with van der Waals surface area (Å²) in [6.45, 7) is 0. The molecule has 2 aromatic rings. The van der Waals surface area contributed by atoms with E-state index in [0.717, 1.165) is 0 Å². The first-order valence-corrected chi connectivity index (χ1v) is 4.99. The molecule has 0 amide bonds. The number of benzene rings is 1. The van der Waals surface area contributed by atoms with E-state index in [1.807, 2.05) is 22.6 Å². The lowest BCUT2D eigenvalue weighted by molar-refractivity contribution is -0.384. The molecule has 0 atom stereocenters. The van der Waals surface area contributed by atoms with Gasteiger partial charge in [-0.2, -0.15) is 4.98 Å². The summed E-state index contributed by atoms with van der Waals surface area (Å²) < 4.78 is 5.36. The molecule has 0 radical (unpaired) electrons. The molecule has 1 aromatic heterocycles. The number of nitro groups is 1. The van der Waals surface area contributed by atoms with Crippen LogP contribution in [-0.4, -0.2) is 15.1 Å². The van der Waals surface area contributed by atoms with Crippen molar-refractivity contribution in [2.45, 2.75) is 0 Å². The molecule has 0 aliphatic heterocycles. The molecule has 2 rings (SSSR count). The van der Waals surface area contributed by atoms with Crippen LogP contribution in [0.3, 0.4) is 0 Å². The first kappa shape index (κ1) is 10.0. The molecule has 0 N–H and O–H groups in total. The monoisotopic (exact) mass is 317 g/mol. The molecular formula is C8H4IN3O3. The van der Waals surface area contributed by atoms with Crippen LogP contribution >= 0.6 is 22.6 Å². The maximum absolute atomic E-state index is 10.5. The van der Waals surface area contributed by atoms with E-state index in [4.69, 9.17) is 4.52 Å². The third-order valence-corrected chi connectivity index (χ3v) is 2.14. The van der Waals surface area contributed by atoms with E-state index in [2.05, 4.69) is 10.1 Å². The highest BCUT2D eigenvalue weighted by atomic mass is 127. The summed E-state index contributed by atoms with van der Waals surface area (Å²) in [5, 5.41) is 14.1. The average Bonchev–Trinajstić information content (AvgIpc) is 2.65. The predicted molar refractivity (Wildman–Crippen MR) is 59.1 cm³/mol. The van der Waals surface area contributed by atoms with E-state index in [-0.39, 0.29) is 11.6 Å². The lowest BCUT2D eigenvalue weighted by Gasteiger charge is -1.93. The average molecular weight is 317 g/mol. The quantitative estimate of drug-likeness (QED) is 0.482. The largest absolute Gasteiger partial charge is 0.333 e. The van der Waals surface area contributed by atoms with Crippen molar-refractivity contribution < 1.29 is 9.45 Å². The van der Waals surface area contributed by atoms with E-state index in [1.165, 1.54) is 12.1 Å². The third kappa shape index (κ3) is 2.12. The number of nitro benzene ring substituents is 1. The van der Waals surface area contributed by atoms with Gasteiger partial charge in [-0.1, -0.05) is 11.2 Å². The summed E-state index contributed by atoms with van der Waals surface area (Å²) in [5.74, 6) is 0.281. The van der Waals surface area contributed by atoms with Crippen LogP contribution < -0.4 is 0 Å². The zero-order valence-electron chi connectivity index (χ0n) is 7.25. The van der Waals surface area contributed by atoms with Crippen LogP contribution in [0.5, 0.6) is 0 Å². The van der Waals surface area contributed by atoms with Crippen LogP contribution in [0.15, 0.2) is 28.8 Å². The van der Waals surface area contributed by atoms with Crippen LogP contribution in [0, 0.1) is 13.9 Å². The van der Waals surface area contributed by atoms with Gasteiger partial charge in [-0.05, 0) is 6.07 Å². The maximum atomic E-state index is 10.5. The Morgan fingerprint density at radius 2 is 2.27 bits per heavy atom. The fourth-order valence-corrected chi connectivity index (χ4v) is 1.39. The van der Waals surface area contributed by atoms with Gasteiger partial charge < -0.3 is 4.52 Å². The summed E-state index contributed by atoms with van der Waals surface area (Å²) in [6, 6.07) is 6.05. The second-order valence-electron chi connectivity index (χ2n) is 2.68. The van der Waals surface area contributed by atoms with Gasteiger partial charge in [0.2, 0.25) is 3.83 Å². The lowest BCUT2D eigenvalue weighted by Crippen LogP contribution is -1.88. The minimum Gasteiger partial charge on any atom is -0.333 e. The molecule has 1 heterocycles. The van der Waals surface area contributed by atoms with Crippen molar-refractivity contribution in [1.29, 1.82) is 0 Å². The minimum absolute atomic E-state index is 0.000656. The van der Waals surface area contributed by atoms with Gasteiger partial charge in [-0.25, -0.2) is 0 Å². The molecule has 76 valence electrons. The number of aromatic nitrogens is 2. The normalized spacial score (nSPS) is 10.2. The highest BCUT2D eigenvalue weighted by Gasteiger charge is 2.11. The van der Waals surface area contributed by atoms with Crippen molar-refractivity contribution in [3.63, 3.8) is 0 Å². The third-order valence-electron chi connectivity index (χ3n) is 1.71. The number of halogens is 1. The smallest absolute Gasteiger partial charge is 0.270 e. The number of hydrogen-bond acceptors (Lipinski definition) is 5. The fraction of sp³-hybridized carbons (Fsp3) is 0. The summed E-state index contributed by atoms with van der Waals surface area (Å²) >= 11 is 1.90. The van der Waals surface area contributed by atoms with E-state index in [0.29, 0.717) is 9.39 Å². The summed E-state index contributed by atoms with van der Waals surface area (Å²) in [7, 11) is 0. The molecule has 0 fully saturated rings. The second-order valence-corrected chi connectivity index (χ2v) is 3.64. The highest BCUT2D eigenvalue weighted by Crippen LogP contribution is 2.22. The van der Waals surface area contributed by atoms with Crippen molar-refractivity contribution in [3.05, 3.63) is 38.2 Å². The van der Waals surface area contributed by atoms with Gasteiger partial charge in [0.05, 0.1) is 4.92 Å². The Bertz CT molecular complexity index is 511. The zero-order valence-corrected chi connectivity index (χ0v) is 9.41. The van der Waals surface area contributed by atoms with Gasteiger partial charge >= 0.3 is 0 Å². The second kappa shape index (κ2) is 3.93. The van der Waals surface area contributed by atoms with Crippen LogP contribution in [0.2, 0.25) is 0 Å². The van der Waals surface area contributed by atoms with E-state index in [9.17, 15) is 10.1 Å². The Morgan fingerprint density at radius 3 is 2.87 bits per heavy atom. The Balaban J connectivity index is 2.45. The number of hydrogen-bond donors (Lipinski definition) is 0. The molecule has 0 unspecified atom stereocenters. The molecule has 15 heavy (non-hydrogen) atoms. The van der Waals surface area contributed by atoms with Crippen molar-refractivity contribution in [3.8, 4) is 11.5 Å². The van der Waals surface area contributed by atoms with Crippen LogP contribution in [0.4, 0.5) is 5.69 Å². The van der Waals surface area contributed by atoms with Crippen molar-refractivity contribution in [1.82, 2.24) is 10.1 Å². The van der Waals surface area contributed by atoms with E-state index in [1.54, 1.807) is 12.1 Å². The summed E-state index contributed by atoms with van der Waals surface area (Å²) in [6.07, 6.45) is 0. The molecule has 7 heteroatoms. The van der Waals surface area contributed by atoms with Gasteiger partial charge in [0.15, 0.2) is 0 Å². The lowest BCUT2D eigenvalue weighted by atomic mass is 10.2. The Hall–Kier alpha value is -1.51. The number of rotatable bonds is 2. The first-order valence-electron chi connectivity index (χ1n) is 3.91. The first-order chi connectivity index (χ1) is 7.16. The molecule has 0 bridgehead atoms. The van der Waals surface area contributed by atoms with Crippen molar-refractivity contribution in [2.24, 2.45) is 0 Å². The number of nitrogens with zero attached hydrogens (tertiary/aromatic N) is 3. The number of non-ortho nitro benzene ring substituents is 1. The van der Waals surface area contributed by atoms with Crippen LogP contribution in [0.25, 0.3) is 11.5 Å². The molecular weight excluding hydrogens is 313 g/mol. The summed E-state index contributed by atoms with van der Waals surface area (Å²) in [4.78, 5) is 14.0. The molecule has 0 aliphatic carbocycles. The predicted octanol–water partition coefficient (Wildman–Crippen LogP) is 2.25. The fourth-order valence-electron chi connectivity index (χ4n) is 1.08. The van der Waals surface area contributed by atoms with E-state index < -0.39 is 4.92 Å². The molecule has 0 saturated carbocycles. The Kier molecular flexibility index (Phi) is 2.62. The molecule has 0 saturated heterocycles. The SMILES string of the molecule is O=[N+]([O-])c1cccc(-c2nc(I)no2)c1. The Labute approximate surface area is 97.6 Å². The van der Waals surface area contributed by atoms with E-state index >= 15 is 0 Å². The van der Waals surface area contributed by atoms with Gasteiger partial charge in [0.1, 0.15) is 0 Å². The van der Waals surface area contributed by atoms with Crippen LogP contribution in [0.1, 0.15) is 0 Å². The molecule has 0 aliphatic rings. The van der Waals surface area contributed by atoms with Crippen molar-refractivity contribution in [2.75, 3.05) is 0 Å². The van der Waals surface area contributed by atoms with Gasteiger partial charge in [0.25, 0.3) is 11.6 Å². The Morgan fingerprint density at radius 1 is 1.47 bits per heavy atom. The minimum atomic E-state index is -0.467. The molecule has 1 aromatic carbocycles. The highest BCUT2D eigenvalue weighted by molar-refractivity contribution is 14.1. The van der Waals surface area contributed by atoms with Gasteiger partial charge in [-0.3, -0.25) is 10.1 Å². The molecule has 6 nitrogen and oxygen atoms in total. The maximum Gasteiger partial charge on any atom is 0.270 e.